The minimum atomic E-state index is -0.844. The van der Waals surface area contributed by atoms with Gasteiger partial charge in [-0.3, -0.25) is 14.6 Å². The van der Waals surface area contributed by atoms with Gasteiger partial charge in [0.15, 0.2) is 0 Å². The molecule has 8 heterocycles. The van der Waals surface area contributed by atoms with Crippen molar-refractivity contribution in [2.45, 2.75) is 75.8 Å². The zero-order valence-corrected chi connectivity index (χ0v) is 48.0. The van der Waals surface area contributed by atoms with Crippen LogP contribution in [0.1, 0.15) is 40.9 Å². The number of hydrogen-bond donors (Lipinski definition) is 1. The van der Waals surface area contributed by atoms with Gasteiger partial charge in [0.1, 0.15) is 43.3 Å². The Morgan fingerprint density at radius 3 is 1.94 bits per heavy atom. The van der Waals surface area contributed by atoms with Crippen LogP contribution >= 0.6 is 0 Å². The molecule has 4 fully saturated rings. The average molecular weight is 1140 g/mol. The van der Waals surface area contributed by atoms with Crippen molar-refractivity contribution in [2.75, 3.05) is 132 Å². The molecular formula is C64H74N14O6. The molecule has 12 rings (SSSR count). The van der Waals surface area contributed by atoms with Gasteiger partial charge in [-0.1, -0.05) is 73.8 Å². The van der Waals surface area contributed by atoms with Gasteiger partial charge >= 0.3 is 12.0 Å². The van der Waals surface area contributed by atoms with Crippen molar-refractivity contribution in [2.24, 2.45) is 0 Å². The predicted molar refractivity (Wildman–Crippen MR) is 322 cm³/mol. The summed E-state index contributed by atoms with van der Waals surface area (Å²) in [5, 5.41) is 35.2. The third kappa shape index (κ3) is 12.2. The number of carbonyl (C=O) groups excluding carboxylic acids is 1. The van der Waals surface area contributed by atoms with Crippen LogP contribution < -0.4 is 29.1 Å². The fourth-order valence-corrected chi connectivity index (χ4v) is 13.2. The summed E-state index contributed by atoms with van der Waals surface area (Å²) >= 11 is 0. The van der Waals surface area contributed by atoms with Crippen LogP contribution in [0.15, 0.2) is 104 Å². The number of benzene rings is 4. The van der Waals surface area contributed by atoms with E-state index in [1.54, 1.807) is 4.90 Å². The molecule has 436 valence electrons. The van der Waals surface area contributed by atoms with E-state index in [1.807, 2.05) is 4.90 Å². The van der Waals surface area contributed by atoms with E-state index in [1.165, 1.54) is 28.5 Å². The number of carbonyl (C=O) groups is 1. The van der Waals surface area contributed by atoms with Gasteiger partial charge in [0.25, 0.3) is 0 Å². The number of likely N-dealkylation sites (N-methyl/N-ethyl adjacent to an activating group) is 1. The SMILES string of the molecule is C=CC(=O)N1CCN(c2nc(OC[C@H]3CN(Cc4cc(N5CCc6c(nc(OC[C@@H]7CN(C)CCO7)nc6N6CCN(C(O)C=C)C(CC#N)C6)C5)c5ccccc5c4)CCO3)nc3c2CCN(c2cccc4ccccc24)C3)CC1CC#N. The molecule has 5 atom stereocenters. The molecule has 0 bridgehead atoms. The number of morpholine rings is 2. The summed E-state index contributed by atoms with van der Waals surface area (Å²) in [6.07, 6.45) is 3.52. The highest BCUT2D eigenvalue weighted by Crippen LogP contribution is 2.38. The van der Waals surface area contributed by atoms with Gasteiger partial charge in [0.05, 0.1) is 68.7 Å². The van der Waals surface area contributed by atoms with E-state index in [9.17, 15) is 20.4 Å². The van der Waals surface area contributed by atoms with E-state index < -0.39 is 6.23 Å². The van der Waals surface area contributed by atoms with E-state index in [0.717, 1.165) is 95.4 Å². The van der Waals surface area contributed by atoms with Crippen LogP contribution in [-0.4, -0.2) is 193 Å². The molecule has 84 heavy (non-hydrogen) atoms. The lowest BCUT2D eigenvalue weighted by atomic mass is 9.99. The third-order valence-electron chi connectivity index (χ3n) is 17.4. The third-order valence-corrected chi connectivity index (χ3v) is 17.4. The van der Waals surface area contributed by atoms with Crippen LogP contribution in [0.5, 0.6) is 12.0 Å². The molecule has 0 radical (unpaired) electrons. The quantitative estimate of drug-likeness (QED) is 0.0859. The summed E-state index contributed by atoms with van der Waals surface area (Å²) in [4.78, 5) is 51.1. The second-order valence-corrected chi connectivity index (χ2v) is 22.8. The monoisotopic (exact) mass is 1130 g/mol. The molecule has 0 aliphatic carbocycles. The molecule has 0 saturated carbocycles. The maximum atomic E-state index is 12.9. The minimum Gasteiger partial charge on any atom is -0.461 e. The van der Waals surface area contributed by atoms with Crippen LogP contribution in [-0.2, 0) is 46.7 Å². The van der Waals surface area contributed by atoms with Crippen LogP contribution in [0.4, 0.5) is 23.0 Å². The number of amides is 1. The summed E-state index contributed by atoms with van der Waals surface area (Å²) in [7, 11) is 2.09. The first-order chi connectivity index (χ1) is 41.1. The lowest BCUT2D eigenvalue weighted by Gasteiger charge is -2.43. The molecule has 3 unspecified atom stereocenters. The van der Waals surface area contributed by atoms with Crippen molar-refractivity contribution in [3.8, 4) is 24.2 Å². The van der Waals surface area contributed by atoms with Crippen molar-refractivity contribution >= 4 is 50.5 Å². The maximum absolute atomic E-state index is 12.9. The van der Waals surface area contributed by atoms with Crippen molar-refractivity contribution in [3.05, 3.63) is 132 Å². The Morgan fingerprint density at radius 2 is 1.27 bits per heavy atom. The number of hydrogen-bond acceptors (Lipinski definition) is 19. The zero-order chi connectivity index (χ0) is 57.7. The first kappa shape index (κ1) is 56.5. The van der Waals surface area contributed by atoms with E-state index >= 15 is 0 Å². The topological polar surface area (TPSA) is 199 Å². The molecule has 1 N–H and O–H groups in total. The molecule has 4 saturated heterocycles. The summed E-state index contributed by atoms with van der Waals surface area (Å²) in [6.45, 7) is 18.8. The van der Waals surface area contributed by atoms with Crippen molar-refractivity contribution < 1.29 is 28.8 Å². The smallest absolute Gasteiger partial charge is 0.318 e. The normalized spacial score (nSPS) is 22.0. The number of aliphatic hydroxyl groups excluding tert-OH is 1. The number of aromatic nitrogens is 4. The largest absolute Gasteiger partial charge is 0.461 e. The van der Waals surface area contributed by atoms with Gasteiger partial charge in [0.2, 0.25) is 5.91 Å². The number of nitrogens with zero attached hydrogens (tertiary/aromatic N) is 14. The lowest BCUT2D eigenvalue weighted by Crippen LogP contribution is -2.56. The molecule has 0 spiro atoms. The molecule has 1 amide bonds. The maximum Gasteiger partial charge on any atom is 0.318 e. The first-order valence-electron chi connectivity index (χ1n) is 29.5. The van der Waals surface area contributed by atoms with Gasteiger partial charge in [-0.15, -0.1) is 0 Å². The van der Waals surface area contributed by atoms with Crippen LogP contribution in [0.2, 0.25) is 0 Å². The van der Waals surface area contributed by atoms with E-state index in [-0.39, 0.29) is 55.7 Å². The van der Waals surface area contributed by atoms with E-state index in [2.05, 4.69) is 141 Å². The summed E-state index contributed by atoms with van der Waals surface area (Å²) in [5.41, 5.74) is 7.42. The summed E-state index contributed by atoms with van der Waals surface area (Å²) in [5.74, 6) is 1.44. The van der Waals surface area contributed by atoms with Crippen LogP contribution in [0.25, 0.3) is 21.5 Å². The molecule has 2 aromatic heterocycles. The second-order valence-electron chi connectivity index (χ2n) is 22.8. The molecule has 20 nitrogen and oxygen atoms in total. The molecule has 4 aromatic carbocycles. The molecule has 6 aliphatic rings. The highest BCUT2D eigenvalue weighted by atomic mass is 16.5. The Kier molecular flexibility index (Phi) is 17.2. The minimum absolute atomic E-state index is 0.109. The Balaban J connectivity index is 0.776. The van der Waals surface area contributed by atoms with Crippen molar-refractivity contribution in [1.82, 2.24) is 39.5 Å². The second kappa shape index (κ2) is 25.5. The van der Waals surface area contributed by atoms with Crippen LogP contribution in [0, 0.1) is 22.7 Å². The highest BCUT2D eigenvalue weighted by molar-refractivity contribution is 5.96. The van der Waals surface area contributed by atoms with Gasteiger partial charge in [-0.05, 0) is 66.6 Å². The Hall–Kier alpha value is -7.95. The first-order valence-corrected chi connectivity index (χ1v) is 29.5. The zero-order valence-electron chi connectivity index (χ0n) is 48.0. The van der Waals surface area contributed by atoms with E-state index in [0.29, 0.717) is 97.7 Å². The average Bonchev–Trinajstić information content (AvgIpc) is 2.62. The Labute approximate surface area is 491 Å². The number of rotatable bonds is 17. The Bertz CT molecular complexity index is 3480. The number of fused-ring (bicyclic) bond motifs is 4. The molecule has 6 aliphatic heterocycles. The summed E-state index contributed by atoms with van der Waals surface area (Å²) < 4.78 is 25.5. The van der Waals surface area contributed by atoms with Gasteiger partial charge < -0.3 is 53.5 Å². The fourth-order valence-electron chi connectivity index (χ4n) is 13.2. The summed E-state index contributed by atoms with van der Waals surface area (Å²) in [6, 6.07) is 32.8. The van der Waals surface area contributed by atoms with Crippen molar-refractivity contribution in [3.63, 3.8) is 0 Å². The predicted octanol–water partition coefficient (Wildman–Crippen LogP) is 5.71. The van der Waals surface area contributed by atoms with Crippen LogP contribution in [0.3, 0.4) is 0 Å². The number of anilines is 4. The number of nitriles is 2. The number of piperazine rings is 2. The van der Waals surface area contributed by atoms with Gasteiger partial charge in [0, 0.05) is 124 Å². The Morgan fingerprint density at radius 1 is 0.679 bits per heavy atom. The highest BCUT2D eigenvalue weighted by Gasteiger charge is 2.37. The standard InChI is InChI=1S/C64H74N14O6/c1-4-59(79)77-27-25-75(36-47(77)17-21-65)61-53-19-23-73(57-16-10-13-45-11-6-8-14-51(45)57)40-55(53)67-64(70-61)84-43-50-39-72(30-32-82-50)35-44-33-46-12-7-9-15-52(46)58(34-44)74-24-20-54-56(41-74)68-63(83-42-49-38-71(3)29-31-81-49)69-62(54)76-26-28-78(60(80)5-2)48(37-76)18-22-66/h4-16,33-34,47-50,60,80H,1-2,17-20,23-32,35-43H2,3H3/t47?,48?,49-,50+,60?/m0/s1. The van der Waals surface area contributed by atoms with Gasteiger partial charge in [-0.2, -0.15) is 30.5 Å². The lowest BCUT2D eigenvalue weighted by molar-refractivity contribution is -0.128. The fraction of sp³-hybridized carbons (Fsp3) is 0.453. The number of ether oxygens (including phenoxy) is 4. The molecule has 6 aromatic rings. The molecule has 20 heteroatoms. The van der Waals surface area contributed by atoms with E-state index in [4.69, 9.17) is 38.9 Å². The van der Waals surface area contributed by atoms with Gasteiger partial charge in [-0.25, -0.2) is 0 Å². The van der Waals surface area contributed by atoms with Crippen molar-refractivity contribution in [1.29, 1.82) is 10.5 Å². The number of aliphatic hydroxyl groups is 1. The molecular weight excluding hydrogens is 1060 g/mol.